The second-order valence-electron chi connectivity index (χ2n) is 4.06. The Morgan fingerprint density at radius 1 is 1.18 bits per heavy atom. The Bertz CT molecular complexity index is 480. The molecule has 0 amide bonds. The lowest BCUT2D eigenvalue weighted by molar-refractivity contribution is 0.277. The molecule has 0 aliphatic carbocycles. The van der Waals surface area contributed by atoms with Gasteiger partial charge in [0, 0.05) is 6.20 Å². The number of para-hydroxylation sites is 1. The van der Waals surface area contributed by atoms with Crippen LogP contribution in [0.3, 0.4) is 0 Å². The lowest BCUT2D eigenvalue weighted by Crippen LogP contribution is -2.01. The number of hydrogen-bond donors (Lipinski definition) is 1. The van der Waals surface area contributed by atoms with E-state index in [9.17, 15) is 0 Å². The molecule has 1 N–H and O–H groups in total. The van der Waals surface area contributed by atoms with Crippen molar-refractivity contribution in [3.05, 3.63) is 47.5 Å². The molecule has 0 atom stereocenters. The van der Waals surface area contributed by atoms with Crippen molar-refractivity contribution in [3.63, 3.8) is 0 Å². The molecule has 0 saturated heterocycles. The van der Waals surface area contributed by atoms with Crippen LogP contribution in [-0.4, -0.2) is 14.7 Å². The highest BCUT2D eigenvalue weighted by Gasteiger charge is 2.08. The van der Waals surface area contributed by atoms with Crippen molar-refractivity contribution in [3.8, 4) is 5.69 Å². The maximum absolute atomic E-state index is 9.07. The Kier molecular flexibility index (Phi) is 3.59. The van der Waals surface area contributed by atoms with Gasteiger partial charge in [0.15, 0.2) is 0 Å². The minimum absolute atomic E-state index is 0.0112. The molecule has 1 aromatic carbocycles. The Morgan fingerprint density at radius 2 is 1.82 bits per heavy atom. The van der Waals surface area contributed by atoms with Gasteiger partial charge in [-0.1, -0.05) is 32.0 Å². The van der Waals surface area contributed by atoms with E-state index >= 15 is 0 Å². The lowest BCUT2D eigenvalue weighted by atomic mass is 10.0. The number of hydrogen-bond acceptors (Lipinski definition) is 2. The van der Waals surface area contributed by atoms with E-state index in [2.05, 4.69) is 37.0 Å². The van der Waals surface area contributed by atoms with E-state index < -0.39 is 0 Å². The molecular formula is C14H18N2O. The number of aliphatic hydroxyl groups excluding tert-OH is 1. The van der Waals surface area contributed by atoms with Crippen LogP contribution in [0.4, 0.5) is 0 Å². The smallest absolute Gasteiger partial charge is 0.0996 e. The monoisotopic (exact) mass is 230 g/mol. The first-order valence-corrected chi connectivity index (χ1v) is 6.05. The van der Waals surface area contributed by atoms with Crippen LogP contribution in [0.1, 0.15) is 30.7 Å². The third-order valence-electron chi connectivity index (χ3n) is 3.02. The standard InChI is InChI=1S/C14H18N2O/c1-3-11-6-5-7-12(4-2)14(11)16-8-13(9-17)15-10-16/h5-8,10,17H,3-4,9H2,1-2H3. The molecule has 1 heterocycles. The Labute approximate surface area is 102 Å². The van der Waals surface area contributed by atoms with Crippen LogP contribution >= 0.6 is 0 Å². The first kappa shape index (κ1) is 11.9. The van der Waals surface area contributed by atoms with Crippen molar-refractivity contribution in [1.29, 1.82) is 0 Å². The van der Waals surface area contributed by atoms with Crippen LogP contribution in [-0.2, 0) is 19.4 Å². The highest BCUT2D eigenvalue weighted by atomic mass is 16.3. The number of imidazole rings is 1. The third-order valence-corrected chi connectivity index (χ3v) is 3.02. The second-order valence-corrected chi connectivity index (χ2v) is 4.06. The van der Waals surface area contributed by atoms with Gasteiger partial charge in [0.2, 0.25) is 0 Å². The maximum Gasteiger partial charge on any atom is 0.0996 e. The number of aromatic nitrogens is 2. The highest BCUT2D eigenvalue weighted by molar-refractivity contribution is 5.48. The van der Waals surface area contributed by atoms with E-state index in [0.717, 1.165) is 12.8 Å². The zero-order valence-electron chi connectivity index (χ0n) is 10.3. The van der Waals surface area contributed by atoms with Gasteiger partial charge in [0.25, 0.3) is 0 Å². The summed E-state index contributed by atoms with van der Waals surface area (Å²) in [5, 5.41) is 9.07. The zero-order chi connectivity index (χ0) is 12.3. The Hall–Kier alpha value is -1.61. The number of rotatable bonds is 4. The molecule has 0 spiro atoms. The van der Waals surface area contributed by atoms with Gasteiger partial charge < -0.3 is 9.67 Å². The number of nitrogens with zero attached hydrogens (tertiary/aromatic N) is 2. The van der Waals surface area contributed by atoms with Gasteiger partial charge in [0.05, 0.1) is 24.3 Å². The average molecular weight is 230 g/mol. The van der Waals surface area contributed by atoms with E-state index in [-0.39, 0.29) is 6.61 Å². The van der Waals surface area contributed by atoms with Crippen LogP contribution < -0.4 is 0 Å². The van der Waals surface area contributed by atoms with E-state index in [0.29, 0.717) is 5.69 Å². The van der Waals surface area contributed by atoms with E-state index in [4.69, 9.17) is 5.11 Å². The summed E-state index contributed by atoms with van der Waals surface area (Å²) in [7, 11) is 0. The fraction of sp³-hybridized carbons (Fsp3) is 0.357. The first-order valence-electron chi connectivity index (χ1n) is 6.05. The van der Waals surface area contributed by atoms with E-state index in [1.54, 1.807) is 6.33 Å². The minimum atomic E-state index is -0.0112. The van der Waals surface area contributed by atoms with Crippen molar-refractivity contribution >= 4 is 0 Å². The number of aliphatic hydroxyl groups is 1. The van der Waals surface area contributed by atoms with Gasteiger partial charge in [-0.3, -0.25) is 0 Å². The van der Waals surface area contributed by atoms with Gasteiger partial charge in [-0.25, -0.2) is 4.98 Å². The van der Waals surface area contributed by atoms with Gasteiger partial charge in [-0.05, 0) is 24.0 Å². The fourth-order valence-electron chi connectivity index (χ4n) is 2.11. The summed E-state index contributed by atoms with van der Waals surface area (Å²) < 4.78 is 2.02. The number of aryl methyl sites for hydroxylation is 2. The van der Waals surface area contributed by atoms with Crippen LogP contribution in [0.15, 0.2) is 30.7 Å². The van der Waals surface area contributed by atoms with Gasteiger partial charge in [0.1, 0.15) is 0 Å². The lowest BCUT2D eigenvalue weighted by Gasteiger charge is -2.13. The molecule has 0 saturated carbocycles. The summed E-state index contributed by atoms with van der Waals surface area (Å²) in [6.45, 7) is 4.30. The molecule has 1 aromatic heterocycles. The minimum Gasteiger partial charge on any atom is -0.390 e. The molecule has 0 aliphatic heterocycles. The summed E-state index contributed by atoms with van der Waals surface area (Å²) >= 11 is 0. The molecule has 2 aromatic rings. The zero-order valence-corrected chi connectivity index (χ0v) is 10.3. The summed E-state index contributed by atoms with van der Waals surface area (Å²) in [6.07, 6.45) is 5.67. The molecule has 0 aliphatic rings. The number of benzene rings is 1. The second kappa shape index (κ2) is 5.15. The molecule has 0 bridgehead atoms. The SMILES string of the molecule is CCc1cccc(CC)c1-n1cnc(CO)c1. The van der Waals surface area contributed by atoms with Crippen molar-refractivity contribution < 1.29 is 5.11 Å². The van der Waals surface area contributed by atoms with E-state index in [1.807, 2.05) is 10.8 Å². The normalized spacial score (nSPS) is 10.8. The van der Waals surface area contributed by atoms with Crippen molar-refractivity contribution in [2.45, 2.75) is 33.3 Å². The van der Waals surface area contributed by atoms with Crippen LogP contribution in [0.5, 0.6) is 0 Å². The fourth-order valence-corrected chi connectivity index (χ4v) is 2.11. The van der Waals surface area contributed by atoms with Crippen LogP contribution in [0, 0.1) is 0 Å². The van der Waals surface area contributed by atoms with Crippen molar-refractivity contribution in [2.24, 2.45) is 0 Å². The maximum atomic E-state index is 9.07. The Morgan fingerprint density at radius 3 is 2.29 bits per heavy atom. The average Bonchev–Trinajstić information content (AvgIpc) is 2.86. The molecule has 3 heteroatoms. The van der Waals surface area contributed by atoms with Crippen LogP contribution in [0.2, 0.25) is 0 Å². The van der Waals surface area contributed by atoms with E-state index in [1.165, 1.54) is 16.8 Å². The highest BCUT2D eigenvalue weighted by Crippen LogP contribution is 2.21. The van der Waals surface area contributed by atoms with Gasteiger partial charge in [-0.2, -0.15) is 0 Å². The molecule has 2 rings (SSSR count). The third kappa shape index (κ3) is 2.24. The summed E-state index contributed by atoms with van der Waals surface area (Å²) in [6, 6.07) is 6.39. The van der Waals surface area contributed by atoms with Crippen molar-refractivity contribution in [1.82, 2.24) is 9.55 Å². The predicted octanol–water partition coefficient (Wildman–Crippen LogP) is 2.49. The summed E-state index contributed by atoms with van der Waals surface area (Å²) in [4.78, 5) is 4.17. The molecule has 0 unspecified atom stereocenters. The molecule has 3 nitrogen and oxygen atoms in total. The largest absolute Gasteiger partial charge is 0.390 e. The summed E-state index contributed by atoms with van der Waals surface area (Å²) in [5.41, 5.74) is 4.54. The van der Waals surface area contributed by atoms with Crippen molar-refractivity contribution in [2.75, 3.05) is 0 Å². The predicted molar refractivity (Wildman–Crippen MR) is 68.2 cm³/mol. The van der Waals surface area contributed by atoms with Crippen LogP contribution in [0.25, 0.3) is 5.69 Å². The summed E-state index contributed by atoms with van der Waals surface area (Å²) in [5.74, 6) is 0. The molecule has 0 radical (unpaired) electrons. The van der Waals surface area contributed by atoms with Gasteiger partial charge in [-0.15, -0.1) is 0 Å². The quantitative estimate of drug-likeness (QED) is 0.876. The molecule has 0 fully saturated rings. The molecule has 17 heavy (non-hydrogen) atoms. The molecular weight excluding hydrogens is 212 g/mol. The first-order chi connectivity index (χ1) is 8.30. The van der Waals surface area contributed by atoms with Gasteiger partial charge >= 0.3 is 0 Å². The Balaban J connectivity index is 2.55. The topological polar surface area (TPSA) is 38.0 Å². The molecule has 90 valence electrons.